The van der Waals surface area contributed by atoms with Gasteiger partial charge in [-0.3, -0.25) is 0 Å². The molecule has 0 aliphatic rings. The van der Waals surface area contributed by atoms with Gasteiger partial charge < -0.3 is 10.1 Å². The Morgan fingerprint density at radius 1 is 0.882 bits per heavy atom. The summed E-state index contributed by atoms with van der Waals surface area (Å²) in [5, 5.41) is 3.34. The number of carbonyl (C=O) groups is 1. The van der Waals surface area contributed by atoms with E-state index in [1.54, 1.807) is 0 Å². The Labute approximate surface area is 101 Å². The van der Waals surface area contributed by atoms with Gasteiger partial charge in [-0.1, -0.05) is 42.5 Å². The van der Waals surface area contributed by atoms with E-state index in [-0.39, 0.29) is 0 Å². The number of rotatable bonds is 5. The summed E-state index contributed by atoms with van der Waals surface area (Å²) in [6.45, 7) is 0.797. The van der Waals surface area contributed by atoms with E-state index in [0.29, 0.717) is 6.42 Å². The van der Waals surface area contributed by atoms with Gasteiger partial charge >= 0.3 is 0 Å². The van der Waals surface area contributed by atoms with Crippen LogP contribution in [0.25, 0.3) is 0 Å². The number of para-hydroxylation sites is 1. The van der Waals surface area contributed by atoms with E-state index >= 15 is 0 Å². The highest BCUT2D eigenvalue weighted by molar-refractivity contribution is 5.55. The Hall–Kier alpha value is -2.09. The Morgan fingerprint density at radius 2 is 1.53 bits per heavy atom. The first-order valence-corrected chi connectivity index (χ1v) is 5.69. The van der Waals surface area contributed by atoms with Crippen molar-refractivity contribution in [3.05, 3.63) is 65.7 Å². The summed E-state index contributed by atoms with van der Waals surface area (Å²) in [7, 11) is 0. The van der Waals surface area contributed by atoms with Crippen LogP contribution in [0.1, 0.15) is 11.1 Å². The molecule has 2 aromatic rings. The number of nitrogens with one attached hydrogen (secondary N) is 1. The van der Waals surface area contributed by atoms with Crippen molar-refractivity contribution in [3.63, 3.8) is 0 Å². The van der Waals surface area contributed by atoms with Gasteiger partial charge in [-0.25, -0.2) is 0 Å². The van der Waals surface area contributed by atoms with Crippen molar-refractivity contribution in [1.82, 2.24) is 0 Å². The topological polar surface area (TPSA) is 29.1 Å². The van der Waals surface area contributed by atoms with E-state index in [2.05, 4.69) is 17.4 Å². The molecule has 0 fully saturated rings. The third-order valence-electron chi connectivity index (χ3n) is 2.61. The van der Waals surface area contributed by atoms with Gasteiger partial charge in [0.05, 0.1) is 0 Å². The molecule has 0 aromatic heterocycles. The number of carbonyl (C=O) groups excluding carboxylic acids is 1. The van der Waals surface area contributed by atoms with Crippen LogP contribution < -0.4 is 5.32 Å². The number of hydrogen-bond acceptors (Lipinski definition) is 2. The summed E-state index contributed by atoms with van der Waals surface area (Å²) in [5.41, 5.74) is 3.39. The van der Waals surface area contributed by atoms with Crippen molar-refractivity contribution in [1.29, 1.82) is 0 Å². The molecule has 2 rings (SSSR count). The molecule has 0 spiro atoms. The summed E-state index contributed by atoms with van der Waals surface area (Å²) in [6.07, 6.45) is 1.42. The van der Waals surface area contributed by atoms with Gasteiger partial charge in [0, 0.05) is 18.7 Å². The van der Waals surface area contributed by atoms with Crippen LogP contribution in [-0.4, -0.2) is 6.29 Å². The Morgan fingerprint density at radius 3 is 2.18 bits per heavy atom. The van der Waals surface area contributed by atoms with Gasteiger partial charge in [0.25, 0.3) is 0 Å². The standard InChI is InChI=1S/C15H15NO/c17-11-10-13-6-8-14(9-7-13)12-16-15-4-2-1-3-5-15/h1-9,11,16H,10,12H2. The van der Waals surface area contributed by atoms with Crippen LogP contribution in [-0.2, 0) is 17.8 Å². The summed E-state index contributed by atoms with van der Waals surface area (Å²) >= 11 is 0. The first-order chi connectivity index (χ1) is 8.38. The number of aldehydes is 1. The van der Waals surface area contributed by atoms with E-state index in [9.17, 15) is 4.79 Å². The van der Waals surface area contributed by atoms with Crippen molar-refractivity contribution >= 4 is 12.0 Å². The van der Waals surface area contributed by atoms with Gasteiger partial charge in [-0.15, -0.1) is 0 Å². The molecule has 17 heavy (non-hydrogen) atoms. The van der Waals surface area contributed by atoms with Crippen LogP contribution in [0.15, 0.2) is 54.6 Å². The third kappa shape index (κ3) is 3.45. The Balaban J connectivity index is 1.93. The van der Waals surface area contributed by atoms with Gasteiger partial charge in [-0.05, 0) is 23.3 Å². The largest absolute Gasteiger partial charge is 0.381 e. The highest BCUT2D eigenvalue weighted by Gasteiger charge is 1.95. The van der Waals surface area contributed by atoms with E-state index in [1.165, 1.54) is 5.56 Å². The first kappa shape index (κ1) is 11.4. The van der Waals surface area contributed by atoms with E-state index < -0.39 is 0 Å². The van der Waals surface area contributed by atoms with Gasteiger partial charge in [-0.2, -0.15) is 0 Å². The second-order valence-electron chi connectivity index (χ2n) is 3.91. The second-order valence-corrected chi connectivity index (χ2v) is 3.91. The minimum Gasteiger partial charge on any atom is -0.381 e. The molecular formula is C15H15NO. The minimum absolute atomic E-state index is 0.492. The minimum atomic E-state index is 0.492. The number of benzene rings is 2. The van der Waals surface area contributed by atoms with Crippen molar-refractivity contribution in [2.24, 2.45) is 0 Å². The van der Waals surface area contributed by atoms with Crippen molar-refractivity contribution in [2.45, 2.75) is 13.0 Å². The molecule has 1 N–H and O–H groups in total. The molecule has 0 radical (unpaired) electrons. The SMILES string of the molecule is O=CCc1ccc(CNc2ccccc2)cc1. The molecule has 0 aliphatic heterocycles. The normalized spacial score (nSPS) is 9.88. The quantitative estimate of drug-likeness (QED) is 0.792. The van der Waals surface area contributed by atoms with Gasteiger partial charge in [0.2, 0.25) is 0 Å². The molecule has 0 saturated carbocycles. The van der Waals surface area contributed by atoms with E-state index in [1.807, 2.05) is 42.5 Å². The third-order valence-corrected chi connectivity index (χ3v) is 2.61. The lowest BCUT2D eigenvalue weighted by atomic mass is 10.1. The van der Waals surface area contributed by atoms with Crippen LogP contribution >= 0.6 is 0 Å². The van der Waals surface area contributed by atoms with Crippen LogP contribution in [0.4, 0.5) is 5.69 Å². The van der Waals surface area contributed by atoms with Crippen LogP contribution in [0.5, 0.6) is 0 Å². The van der Waals surface area contributed by atoms with E-state index in [0.717, 1.165) is 24.1 Å². The van der Waals surface area contributed by atoms with Crippen LogP contribution in [0, 0.1) is 0 Å². The predicted octanol–water partition coefficient (Wildman–Crippen LogP) is 3.04. The number of hydrogen-bond donors (Lipinski definition) is 1. The second kappa shape index (κ2) is 5.85. The highest BCUT2D eigenvalue weighted by atomic mass is 16.1. The zero-order chi connectivity index (χ0) is 11.9. The summed E-state index contributed by atoms with van der Waals surface area (Å²) < 4.78 is 0. The van der Waals surface area contributed by atoms with Crippen molar-refractivity contribution in [3.8, 4) is 0 Å². The molecule has 2 aromatic carbocycles. The summed E-state index contributed by atoms with van der Waals surface area (Å²) in [5.74, 6) is 0. The molecule has 0 aliphatic carbocycles. The van der Waals surface area contributed by atoms with Gasteiger partial charge in [0.1, 0.15) is 6.29 Å². The number of anilines is 1. The molecule has 0 unspecified atom stereocenters. The maximum Gasteiger partial charge on any atom is 0.124 e. The zero-order valence-electron chi connectivity index (χ0n) is 9.60. The average molecular weight is 225 g/mol. The fraction of sp³-hybridized carbons (Fsp3) is 0.133. The predicted molar refractivity (Wildman–Crippen MR) is 70.0 cm³/mol. The Kier molecular flexibility index (Phi) is 3.92. The lowest BCUT2D eigenvalue weighted by molar-refractivity contribution is -0.107. The highest BCUT2D eigenvalue weighted by Crippen LogP contribution is 2.09. The molecule has 0 atom stereocenters. The smallest absolute Gasteiger partial charge is 0.124 e. The lowest BCUT2D eigenvalue weighted by Crippen LogP contribution is -1.99. The Bertz CT molecular complexity index is 462. The molecule has 86 valence electrons. The molecule has 0 bridgehead atoms. The maximum atomic E-state index is 10.4. The first-order valence-electron chi connectivity index (χ1n) is 5.69. The van der Waals surface area contributed by atoms with Crippen molar-refractivity contribution in [2.75, 3.05) is 5.32 Å². The molecular weight excluding hydrogens is 210 g/mol. The molecule has 0 amide bonds. The summed E-state index contributed by atoms with van der Waals surface area (Å²) in [4.78, 5) is 10.4. The fourth-order valence-electron chi connectivity index (χ4n) is 1.65. The molecule has 0 heterocycles. The van der Waals surface area contributed by atoms with Crippen LogP contribution in [0.3, 0.4) is 0 Å². The fourth-order valence-corrected chi connectivity index (χ4v) is 1.65. The van der Waals surface area contributed by atoms with Crippen LogP contribution in [0.2, 0.25) is 0 Å². The maximum absolute atomic E-state index is 10.4. The average Bonchev–Trinajstić information content (AvgIpc) is 2.40. The molecule has 0 saturated heterocycles. The monoisotopic (exact) mass is 225 g/mol. The van der Waals surface area contributed by atoms with Gasteiger partial charge in [0.15, 0.2) is 0 Å². The lowest BCUT2D eigenvalue weighted by Gasteiger charge is -2.06. The van der Waals surface area contributed by atoms with E-state index in [4.69, 9.17) is 0 Å². The summed E-state index contributed by atoms with van der Waals surface area (Å²) in [6, 6.07) is 18.2. The molecule has 2 heteroatoms. The molecule has 2 nitrogen and oxygen atoms in total. The zero-order valence-corrected chi connectivity index (χ0v) is 9.60. The van der Waals surface area contributed by atoms with Crippen molar-refractivity contribution < 1.29 is 4.79 Å².